The van der Waals surface area contributed by atoms with E-state index in [4.69, 9.17) is 14.2 Å². The van der Waals surface area contributed by atoms with E-state index in [0.717, 1.165) is 36.8 Å². The summed E-state index contributed by atoms with van der Waals surface area (Å²) in [5, 5.41) is 0. The van der Waals surface area contributed by atoms with Crippen molar-refractivity contribution in [3.05, 3.63) is 54.1 Å². The number of benzene rings is 2. The van der Waals surface area contributed by atoms with E-state index in [1.165, 1.54) is 5.56 Å². The van der Waals surface area contributed by atoms with Gasteiger partial charge in [0.2, 0.25) is 6.79 Å². The van der Waals surface area contributed by atoms with Crippen LogP contribution in [0.4, 0.5) is 5.69 Å². The van der Waals surface area contributed by atoms with Crippen LogP contribution in [-0.4, -0.2) is 49.4 Å². The van der Waals surface area contributed by atoms with Gasteiger partial charge < -0.3 is 19.1 Å². The van der Waals surface area contributed by atoms with Crippen LogP contribution in [0.1, 0.15) is 5.56 Å². The van der Waals surface area contributed by atoms with Crippen molar-refractivity contribution in [1.29, 1.82) is 0 Å². The van der Waals surface area contributed by atoms with E-state index in [2.05, 4.69) is 11.0 Å². The van der Waals surface area contributed by atoms with Crippen LogP contribution < -0.4 is 14.4 Å². The summed E-state index contributed by atoms with van der Waals surface area (Å²) >= 11 is 0. The van der Waals surface area contributed by atoms with Crippen LogP contribution >= 0.6 is 0 Å². The van der Waals surface area contributed by atoms with Gasteiger partial charge in [0.25, 0.3) is 5.91 Å². The average molecular weight is 352 g/mol. The molecule has 3 aliphatic heterocycles. The van der Waals surface area contributed by atoms with Gasteiger partial charge in [-0.2, -0.15) is 0 Å². The fourth-order valence-electron chi connectivity index (χ4n) is 4.03. The first-order chi connectivity index (χ1) is 12.8. The first-order valence-corrected chi connectivity index (χ1v) is 8.87. The van der Waals surface area contributed by atoms with Crippen molar-refractivity contribution >= 4 is 11.6 Å². The van der Waals surface area contributed by atoms with Crippen LogP contribution in [0.5, 0.6) is 11.5 Å². The minimum absolute atomic E-state index is 0.0300. The Hall–Kier alpha value is -2.57. The number of anilines is 1. The molecule has 1 amide bonds. The molecule has 0 saturated carbocycles. The number of likely N-dealkylation sites (tertiary alicyclic amines) is 1. The molecule has 0 aliphatic carbocycles. The summed E-state index contributed by atoms with van der Waals surface area (Å²) in [6.45, 7) is 2.84. The second-order valence-corrected chi connectivity index (χ2v) is 6.90. The predicted molar refractivity (Wildman–Crippen MR) is 95.3 cm³/mol. The van der Waals surface area contributed by atoms with Crippen molar-refractivity contribution in [3.63, 3.8) is 0 Å². The molecule has 2 atom stereocenters. The third-order valence-electron chi connectivity index (χ3n) is 5.21. The molecule has 26 heavy (non-hydrogen) atoms. The third-order valence-corrected chi connectivity index (χ3v) is 5.21. The molecule has 5 rings (SSSR count). The summed E-state index contributed by atoms with van der Waals surface area (Å²) in [5.41, 5.74) is 2.12. The average Bonchev–Trinajstić information content (AvgIpc) is 3.28. The zero-order chi connectivity index (χ0) is 17.5. The Balaban J connectivity index is 1.34. The standard InChI is InChI=1S/C20H20N2O4/c23-20-12-24-19-11-21(9-14-6-7-17-18(8-14)26-13-25-17)10-16(19)22(20)15-4-2-1-3-5-15/h1-8,16,19H,9-13H2/t16-,19+/m1/s1. The van der Waals surface area contributed by atoms with E-state index in [0.29, 0.717) is 0 Å². The molecule has 2 aromatic rings. The highest BCUT2D eigenvalue weighted by atomic mass is 16.7. The number of carbonyl (C=O) groups is 1. The fourth-order valence-corrected chi connectivity index (χ4v) is 4.03. The number of rotatable bonds is 3. The number of hydrogen-bond donors (Lipinski definition) is 0. The molecule has 0 radical (unpaired) electrons. The lowest BCUT2D eigenvalue weighted by atomic mass is 10.1. The van der Waals surface area contributed by atoms with Crippen LogP contribution in [0.3, 0.4) is 0 Å². The highest BCUT2D eigenvalue weighted by Crippen LogP contribution is 2.34. The smallest absolute Gasteiger partial charge is 0.253 e. The maximum absolute atomic E-state index is 12.5. The second kappa shape index (κ2) is 6.30. The van der Waals surface area contributed by atoms with Gasteiger partial charge in [0, 0.05) is 25.3 Å². The Morgan fingerprint density at radius 2 is 1.85 bits per heavy atom. The normalized spacial score (nSPS) is 24.8. The van der Waals surface area contributed by atoms with Crippen LogP contribution in [-0.2, 0) is 16.1 Å². The number of fused-ring (bicyclic) bond motifs is 2. The second-order valence-electron chi connectivity index (χ2n) is 6.90. The van der Waals surface area contributed by atoms with Crippen molar-refractivity contribution < 1.29 is 19.0 Å². The molecule has 6 heteroatoms. The van der Waals surface area contributed by atoms with Gasteiger partial charge in [-0.05, 0) is 29.8 Å². The summed E-state index contributed by atoms with van der Waals surface area (Å²) < 4.78 is 16.7. The van der Waals surface area contributed by atoms with E-state index in [9.17, 15) is 4.79 Å². The van der Waals surface area contributed by atoms with Crippen LogP contribution in [0.2, 0.25) is 0 Å². The van der Waals surface area contributed by atoms with Gasteiger partial charge in [0.15, 0.2) is 11.5 Å². The number of para-hydroxylation sites is 1. The number of hydrogen-bond acceptors (Lipinski definition) is 5. The van der Waals surface area contributed by atoms with Crippen molar-refractivity contribution in [2.24, 2.45) is 0 Å². The fraction of sp³-hybridized carbons (Fsp3) is 0.350. The molecule has 134 valence electrons. The van der Waals surface area contributed by atoms with E-state index >= 15 is 0 Å². The Kier molecular flexibility index (Phi) is 3.80. The SMILES string of the molecule is O=C1CO[C@H]2CN(Cc3ccc4c(c3)OCO4)C[C@H]2N1c1ccccc1. The molecular formula is C20H20N2O4. The topological polar surface area (TPSA) is 51.2 Å². The summed E-state index contributed by atoms with van der Waals surface area (Å²) in [5.74, 6) is 1.63. The third kappa shape index (κ3) is 2.71. The Morgan fingerprint density at radius 3 is 2.73 bits per heavy atom. The number of amides is 1. The van der Waals surface area contributed by atoms with E-state index in [1.807, 2.05) is 47.4 Å². The number of ether oxygens (including phenoxy) is 3. The van der Waals surface area contributed by atoms with Gasteiger partial charge in [-0.3, -0.25) is 9.69 Å². The molecule has 2 fully saturated rings. The zero-order valence-corrected chi connectivity index (χ0v) is 14.3. The van der Waals surface area contributed by atoms with Crippen molar-refractivity contribution in [2.45, 2.75) is 18.7 Å². The Morgan fingerprint density at radius 1 is 1.00 bits per heavy atom. The molecule has 0 aromatic heterocycles. The lowest BCUT2D eigenvalue weighted by Crippen LogP contribution is -2.54. The highest BCUT2D eigenvalue weighted by molar-refractivity contribution is 5.95. The molecule has 0 unspecified atom stereocenters. The summed E-state index contributed by atoms with van der Waals surface area (Å²) in [4.78, 5) is 16.7. The van der Waals surface area contributed by atoms with Gasteiger partial charge >= 0.3 is 0 Å². The minimum atomic E-state index is 0.0300. The summed E-state index contributed by atoms with van der Waals surface area (Å²) in [6.07, 6.45) is 0.0434. The maximum atomic E-state index is 12.5. The largest absolute Gasteiger partial charge is 0.454 e. The monoisotopic (exact) mass is 352 g/mol. The molecule has 0 bridgehead atoms. The molecular weight excluding hydrogens is 332 g/mol. The van der Waals surface area contributed by atoms with Gasteiger partial charge in [0.1, 0.15) is 6.61 Å². The molecule has 6 nitrogen and oxygen atoms in total. The van der Waals surface area contributed by atoms with Crippen molar-refractivity contribution in [3.8, 4) is 11.5 Å². The quantitative estimate of drug-likeness (QED) is 0.846. The molecule has 2 saturated heterocycles. The molecule has 2 aromatic carbocycles. The minimum Gasteiger partial charge on any atom is -0.454 e. The highest BCUT2D eigenvalue weighted by Gasteiger charge is 2.43. The Labute approximate surface area is 151 Å². The van der Waals surface area contributed by atoms with Gasteiger partial charge in [-0.1, -0.05) is 24.3 Å². The Bertz CT molecular complexity index is 826. The van der Waals surface area contributed by atoms with Crippen LogP contribution in [0.15, 0.2) is 48.5 Å². The van der Waals surface area contributed by atoms with E-state index < -0.39 is 0 Å². The number of morpholine rings is 1. The molecule has 3 heterocycles. The summed E-state index contributed by atoms with van der Waals surface area (Å²) in [7, 11) is 0. The predicted octanol–water partition coefficient (Wildman–Crippen LogP) is 2.03. The number of carbonyl (C=O) groups excluding carboxylic acids is 1. The maximum Gasteiger partial charge on any atom is 0.253 e. The van der Waals surface area contributed by atoms with Crippen molar-refractivity contribution in [1.82, 2.24) is 4.90 Å². The lowest BCUT2D eigenvalue weighted by Gasteiger charge is -2.36. The lowest BCUT2D eigenvalue weighted by molar-refractivity contribution is -0.130. The first kappa shape index (κ1) is 15.7. The molecule has 0 N–H and O–H groups in total. The van der Waals surface area contributed by atoms with Gasteiger partial charge in [-0.25, -0.2) is 0 Å². The molecule has 0 spiro atoms. The molecule has 3 aliphatic rings. The van der Waals surface area contributed by atoms with Gasteiger partial charge in [-0.15, -0.1) is 0 Å². The first-order valence-electron chi connectivity index (χ1n) is 8.87. The van der Waals surface area contributed by atoms with Crippen LogP contribution in [0.25, 0.3) is 0 Å². The van der Waals surface area contributed by atoms with E-state index in [1.54, 1.807) is 0 Å². The summed E-state index contributed by atoms with van der Waals surface area (Å²) in [6, 6.07) is 16.0. The van der Waals surface area contributed by atoms with Crippen LogP contribution in [0, 0.1) is 0 Å². The van der Waals surface area contributed by atoms with E-state index in [-0.39, 0.29) is 31.5 Å². The number of nitrogens with zero attached hydrogens (tertiary/aromatic N) is 2. The zero-order valence-electron chi connectivity index (χ0n) is 14.3. The van der Waals surface area contributed by atoms with Gasteiger partial charge in [0.05, 0.1) is 12.1 Å². The van der Waals surface area contributed by atoms with Crippen molar-refractivity contribution in [2.75, 3.05) is 31.4 Å².